The lowest BCUT2D eigenvalue weighted by atomic mass is 10.0. The van der Waals surface area contributed by atoms with Crippen LogP contribution in [0.2, 0.25) is 0 Å². The third-order valence-electron chi connectivity index (χ3n) is 7.14. The third-order valence-corrected chi connectivity index (χ3v) is 7.14. The normalized spacial score (nSPS) is 18.3. The van der Waals surface area contributed by atoms with Crippen molar-refractivity contribution in [1.82, 2.24) is 19.4 Å². The maximum atomic E-state index is 13.2. The van der Waals surface area contributed by atoms with Gasteiger partial charge in [-0.1, -0.05) is 55.3 Å². The predicted molar refractivity (Wildman–Crippen MR) is 131 cm³/mol. The van der Waals surface area contributed by atoms with Crippen LogP contribution in [0.15, 0.2) is 48.7 Å². The maximum Gasteiger partial charge on any atom is 0.196 e. The van der Waals surface area contributed by atoms with Gasteiger partial charge < -0.3 is 9.30 Å². The monoisotopic (exact) mass is 446 g/mol. The highest BCUT2D eigenvalue weighted by atomic mass is 16.5. The van der Waals surface area contributed by atoms with Crippen molar-refractivity contribution in [2.24, 2.45) is 0 Å². The minimum absolute atomic E-state index is 0.0843. The number of rotatable bonds is 8. The zero-order valence-electron chi connectivity index (χ0n) is 19.6. The van der Waals surface area contributed by atoms with Crippen LogP contribution in [-0.2, 0) is 11.5 Å². The Morgan fingerprint density at radius 1 is 1.03 bits per heavy atom. The Bertz CT molecular complexity index is 1090. The molecule has 0 spiro atoms. The molecular formula is C27H34N4O2. The van der Waals surface area contributed by atoms with E-state index in [0.29, 0.717) is 25.6 Å². The number of hydrogen-bond donors (Lipinski definition) is 0. The summed E-state index contributed by atoms with van der Waals surface area (Å²) in [7, 11) is 0. The highest BCUT2D eigenvalue weighted by molar-refractivity contribution is 5.98. The molecule has 1 aromatic heterocycles. The van der Waals surface area contributed by atoms with E-state index < -0.39 is 0 Å². The fourth-order valence-electron chi connectivity index (χ4n) is 5.31. The van der Waals surface area contributed by atoms with Crippen molar-refractivity contribution in [3.8, 4) is 11.4 Å². The molecule has 0 unspecified atom stereocenters. The van der Waals surface area contributed by atoms with E-state index >= 15 is 0 Å². The third kappa shape index (κ3) is 4.88. The van der Waals surface area contributed by atoms with Gasteiger partial charge >= 0.3 is 0 Å². The fourth-order valence-corrected chi connectivity index (χ4v) is 5.31. The van der Waals surface area contributed by atoms with Gasteiger partial charge in [-0.2, -0.15) is 0 Å². The lowest BCUT2D eigenvalue weighted by Crippen LogP contribution is -2.50. The Hall–Kier alpha value is -2.54. The zero-order chi connectivity index (χ0) is 22.6. The number of carbonyl (C=O) groups is 1. The lowest BCUT2D eigenvalue weighted by molar-refractivity contribution is 0.0770. The first-order valence-electron chi connectivity index (χ1n) is 12.4. The quantitative estimate of drug-likeness (QED) is 0.479. The van der Waals surface area contributed by atoms with Gasteiger partial charge in [0.1, 0.15) is 18.2 Å². The first-order chi connectivity index (χ1) is 16.2. The second-order valence-electron chi connectivity index (χ2n) is 9.24. The molecule has 33 heavy (non-hydrogen) atoms. The number of ketones is 1. The standard InChI is InChI=1S/C27H34N4O2/c1-2-33-20-31-18-25(28-27(31)24-13-7-9-21-8-3-6-12-23(21)24)26(32)19-29-14-16-30(17-15-29)22-10-4-5-11-22/h3,6-9,12-13,18,22H,2,4-5,10-11,14-17,19-20H2,1H3. The summed E-state index contributed by atoms with van der Waals surface area (Å²) < 4.78 is 7.66. The van der Waals surface area contributed by atoms with Gasteiger partial charge in [-0.15, -0.1) is 0 Å². The maximum absolute atomic E-state index is 13.2. The molecular weight excluding hydrogens is 412 g/mol. The molecule has 0 bridgehead atoms. The van der Waals surface area contributed by atoms with Crippen molar-refractivity contribution < 1.29 is 9.53 Å². The summed E-state index contributed by atoms with van der Waals surface area (Å²) in [6.07, 6.45) is 7.28. The Labute approximate surface area is 196 Å². The van der Waals surface area contributed by atoms with Crippen LogP contribution in [0.25, 0.3) is 22.2 Å². The molecule has 6 nitrogen and oxygen atoms in total. The van der Waals surface area contributed by atoms with Crippen LogP contribution in [0.1, 0.15) is 43.1 Å². The first kappa shape index (κ1) is 22.3. The van der Waals surface area contributed by atoms with Crippen LogP contribution >= 0.6 is 0 Å². The summed E-state index contributed by atoms with van der Waals surface area (Å²) in [6.45, 7) is 7.45. The number of carbonyl (C=O) groups excluding carboxylic acids is 1. The van der Waals surface area contributed by atoms with Crippen LogP contribution in [0.3, 0.4) is 0 Å². The lowest BCUT2D eigenvalue weighted by Gasteiger charge is -2.37. The highest BCUT2D eigenvalue weighted by Crippen LogP contribution is 2.29. The molecule has 174 valence electrons. The molecule has 0 radical (unpaired) electrons. The van der Waals surface area contributed by atoms with Gasteiger partial charge in [0.15, 0.2) is 5.78 Å². The van der Waals surface area contributed by atoms with Crippen molar-refractivity contribution >= 4 is 16.6 Å². The SMILES string of the molecule is CCOCn1cc(C(=O)CN2CCN(C3CCCC3)CC2)nc1-c1cccc2ccccc12. The number of benzene rings is 2. The molecule has 5 rings (SSSR count). The van der Waals surface area contributed by atoms with E-state index in [-0.39, 0.29) is 5.78 Å². The van der Waals surface area contributed by atoms with Gasteiger partial charge in [-0.3, -0.25) is 14.6 Å². The number of fused-ring (bicyclic) bond motifs is 1. The summed E-state index contributed by atoms with van der Waals surface area (Å²) in [5, 5.41) is 2.29. The zero-order valence-corrected chi connectivity index (χ0v) is 19.6. The van der Waals surface area contributed by atoms with E-state index in [1.807, 2.05) is 35.9 Å². The van der Waals surface area contributed by atoms with Crippen molar-refractivity contribution in [3.05, 3.63) is 54.4 Å². The number of hydrogen-bond acceptors (Lipinski definition) is 5. The average Bonchev–Trinajstić information content (AvgIpc) is 3.53. The molecule has 2 aliphatic rings. The summed E-state index contributed by atoms with van der Waals surface area (Å²) in [5.41, 5.74) is 1.55. The average molecular weight is 447 g/mol. The largest absolute Gasteiger partial charge is 0.361 e. The second-order valence-corrected chi connectivity index (χ2v) is 9.24. The summed E-state index contributed by atoms with van der Waals surface area (Å²) >= 11 is 0. The van der Waals surface area contributed by atoms with Crippen LogP contribution in [0, 0.1) is 0 Å². The topological polar surface area (TPSA) is 50.6 Å². The molecule has 1 saturated heterocycles. The number of Topliss-reactive ketones (excluding diaryl/α,β-unsaturated/α-hetero) is 1. The molecule has 6 heteroatoms. The number of imidazole rings is 1. The van der Waals surface area contributed by atoms with E-state index in [4.69, 9.17) is 9.72 Å². The minimum atomic E-state index is 0.0843. The molecule has 2 aromatic carbocycles. The predicted octanol–water partition coefficient (Wildman–Crippen LogP) is 4.44. The van der Waals surface area contributed by atoms with Crippen LogP contribution in [0.5, 0.6) is 0 Å². The van der Waals surface area contributed by atoms with Crippen molar-refractivity contribution in [1.29, 1.82) is 0 Å². The Balaban J connectivity index is 1.33. The minimum Gasteiger partial charge on any atom is -0.361 e. The molecule has 2 fully saturated rings. The van der Waals surface area contributed by atoms with Gasteiger partial charge in [0, 0.05) is 50.6 Å². The van der Waals surface area contributed by atoms with Crippen LogP contribution < -0.4 is 0 Å². The van der Waals surface area contributed by atoms with Crippen LogP contribution in [0.4, 0.5) is 0 Å². The number of nitrogens with zero attached hydrogens (tertiary/aromatic N) is 4. The molecule has 0 amide bonds. The smallest absolute Gasteiger partial charge is 0.196 e. The number of piperazine rings is 1. The van der Waals surface area contributed by atoms with Gasteiger partial charge in [0.2, 0.25) is 0 Å². The van der Waals surface area contributed by atoms with Gasteiger partial charge in [-0.05, 0) is 30.5 Å². The van der Waals surface area contributed by atoms with Gasteiger partial charge in [-0.25, -0.2) is 4.98 Å². The van der Waals surface area contributed by atoms with E-state index in [1.54, 1.807) is 0 Å². The van der Waals surface area contributed by atoms with E-state index in [2.05, 4.69) is 34.1 Å². The molecule has 0 atom stereocenters. The van der Waals surface area contributed by atoms with E-state index in [9.17, 15) is 4.79 Å². The first-order valence-corrected chi connectivity index (χ1v) is 12.4. The summed E-state index contributed by atoms with van der Waals surface area (Å²) in [6, 6.07) is 15.3. The Morgan fingerprint density at radius 2 is 1.79 bits per heavy atom. The van der Waals surface area contributed by atoms with E-state index in [0.717, 1.165) is 54.4 Å². The van der Waals surface area contributed by atoms with Crippen molar-refractivity contribution in [2.45, 2.75) is 45.4 Å². The summed E-state index contributed by atoms with van der Waals surface area (Å²) in [4.78, 5) is 22.9. The molecule has 0 N–H and O–H groups in total. The van der Waals surface area contributed by atoms with Gasteiger partial charge in [0.25, 0.3) is 0 Å². The molecule has 1 aliphatic heterocycles. The van der Waals surface area contributed by atoms with Crippen molar-refractivity contribution in [3.63, 3.8) is 0 Å². The molecule has 3 aromatic rings. The van der Waals surface area contributed by atoms with Crippen LogP contribution in [-0.4, -0.2) is 70.5 Å². The fraction of sp³-hybridized carbons (Fsp3) is 0.481. The second kappa shape index (κ2) is 10.2. The Kier molecular flexibility index (Phi) is 6.85. The summed E-state index contributed by atoms with van der Waals surface area (Å²) in [5.74, 6) is 0.871. The molecule has 1 aliphatic carbocycles. The molecule has 2 heterocycles. The van der Waals surface area contributed by atoms with Crippen molar-refractivity contribution in [2.75, 3.05) is 39.3 Å². The van der Waals surface area contributed by atoms with E-state index in [1.165, 1.54) is 25.7 Å². The van der Waals surface area contributed by atoms with Gasteiger partial charge in [0.05, 0.1) is 6.54 Å². The Morgan fingerprint density at radius 3 is 2.58 bits per heavy atom. The molecule has 1 saturated carbocycles. The number of aromatic nitrogens is 2. The number of ether oxygens (including phenoxy) is 1. The highest BCUT2D eigenvalue weighted by Gasteiger charge is 2.27.